The van der Waals surface area contributed by atoms with Gasteiger partial charge in [0.2, 0.25) is 0 Å². The van der Waals surface area contributed by atoms with E-state index in [1.54, 1.807) is 12.4 Å². The maximum Gasteiger partial charge on any atom is 0.254 e. The Morgan fingerprint density at radius 2 is 1.84 bits per heavy atom. The van der Waals surface area contributed by atoms with Crippen molar-refractivity contribution in [2.45, 2.75) is 25.7 Å². The third kappa shape index (κ3) is 2.46. The molecule has 1 aromatic heterocycles. The second-order valence-electron chi connectivity index (χ2n) is 5.11. The number of carbonyl (C=O) groups is 1. The molecule has 0 radical (unpaired) electrons. The summed E-state index contributed by atoms with van der Waals surface area (Å²) in [6.45, 7) is 1.77. The van der Waals surface area contributed by atoms with Crippen LogP contribution in [-0.4, -0.2) is 28.9 Å². The third-order valence-corrected chi connectivity index (χ3v) is 3.81. The number of benzene rings is 1. The van der Waals surface area contributed by atoms with Crippen LogP contribution in [0.5, 0.6) is 0 Å². The van der Waals surface area contributed by atoms with E-state index < -0.39 is 0 Å². The Morgan fingerprint density at radius 1 is 1.05 bits per heavy atom. The maximum absolute atomic E-state index is 12.7. The minimum Gasteiger partial charge on any atom is -0.339 e. The minimum atomic E-state index is 0.153. The molecule has 19 heavy (non-hydrogen) atoms. The summed E-state index contributed by atoms with van der Waals surface area (Å²) >= 11 is 0. The van der Waals surface area contributed by atoms with Crippen molar-refractivity contribution in [3.8, 4) is 0 Å². The fourth-order valence-electron chi connectivity index (χ4n) is 2.74. The SMILES string of the molecule is O=C(c1cccc2ccncc12)N1CCCCCC1. The average molecular weight is 254 g/mol. The van der Waals surface area contributed by atoms with Gasteiger partial charge >= 0.3 is 0 Å². The molecule has 3 heteroatoms. The Hall–Kier alpha value is -1.90. The van der Waals surface area contributed by atoms with Crippen LogP contribution in [-0.2, 0) is 0 Å². The van der Waals surface area contributed by atoms with Crippen LogP contribution in [0.1, 0.15) is 36.0 Å². The molecule has 1 saturated heterocycles. The summed E-state index contributed by atoms with van der Waals surface area (Å²) in [5.41, 5.74) is 0.785. The van der Waals surface area contributed by atoms with Crippen molar-refractivity contribution >= 4 is 16.7 Å². The van der Waals surface area contributed by atoms with Gasteiger partial charge in [0.15, 0.2) is 0 Å². The van der Waals surface area contributed by atoms with E-state index in [2.05, 4.69) is 4.98 Å². The van der Waals surface area contributed by atoms with E-state index in [1.807, 2.05) is 29.2 Å². The van der Waals surface area contributed by atoms with Crippen LogP contribution in [0.3, 0.4) is 0 Å². The zero-order valence-corrected chi connectivity index (χ0v) is 11.0. The second-order valence-corrected chi connectivity index (χ2v) is 5.11. The van der Waals surface area contributed by atoms with Gasteiger partial charge in [-0.25, -0.2) is 0 Å². The van der Waals surface area contributed by atoms with Gasteiger partial charge in [-0.2, -0.15) is 0 Å². The average Bonchev–Trinajstić information content (AvgIpc) is 2.75. The van der Waals surface area contributed by atoms with Crippen LogP contribution in [0, 0.1) is 0 Å². The molecule has 3 nitrogen and oxygen atoms in total. The van der Waals surface area contributed by atoms with E-state index in [0.717, 1.165) is 42.3 Å². The lowest BCUT2D eigenvalue weighted by Gasteiger charge is -2.21. The monoisotopic (exact) mass is 254 g/mol. The lowest BCUT2D eigenvalue weighted by atomic mass is 10.1. The molecular formula is C16H18N2O. The maximum atomic E-state index is 12.7. The molecule has 3 rings (SSSR count). The number of amides is 1. The Kier molecular flexibility index (Phi) is 3.45. The van der Waals surface area contributed by atoms with Crippen LogP contribution in [0.25, 0.3) is 10.8 Å². The number of likely N-dealkylation sites (tertiary alicyclic amines) is 1. The summed E-state index contributed by atoms with van der Waals surface area (Å²) in [5.74, 6) is 0.153. The molecule has 1 aliphatic heterocycles. The summed E-state index contributed by atoms with van der Waals surface area (Å²) in [4.78, 5) is 18.8. The van der Waals surface area contributed by atoms with Crippen molar-refractivity contribution in [3.63, 3.8) is 0 Å². The number of rotatable bonds is 1. The van der Waals surface area contributed by atoms with Gasteiger partial charge in [-0.1, -0.05) is 25.0 Å². The fourth-order valence-corrected chi connectivity index (χ4v) is 2.74. The summed E-state index contributed by atoms with van der Waals surface area (Å²) in [6, 6.07) is 7.84. The lowest BCUT2D eigenvalue weighted by molar-refractivity contribution is 0.0763. The predicted octanol–water partition coefficient (Wildman–Crippen LogP) is 3.25. The molecule has 0 spiro atoms. The van der Waals surface area contributed by atoms with Crippen LogP contribution < -0.4 is 0 Å². The van der Waals surface area contributed by atoms with Gasteiger partial charge in [0.05, 0.1) is 0 Å². The molecule has 1 aromatic carbocycles. The van der Waals surface area contributed by atoms with E-state index in [1.165, 1.54) is 12.8 Å². The van der Waals surface area contributed by atoms with Crippen molar-refractivity contribution in [2.75, 3.05) is 13.1 Å². The van der Waals surface area contributed by atoms with Gasteiger partial charge in [0.25, 0.3) is 5.91 Å². The fraction of sp³-hybridized carbons (Fsp3) is 0.375. The first-order chi connectivity index (χ1) is 9.36. The van der Waals surface area contributed by atoms with Gasteiger partial charge in [-0.3, -0.25) is 9.78 Å². The number of hydrogen-bond acceptors (Lipinski definition) is 2. The Labute approximate surface area is 113 Å². The Bertz CT molecular complexity index is 581. The summed E-state index contributed by atoms with van der Waals surface area (Å²) in [6.07, 6.45) is 8.27. The second kappa shape index (κ2) is 5.39. The molecule has 1 fully saturated rings. The number of pyridine rings is 1. The van der Waals surface area contributed by atoms with E-state index in [0.29, 0.717) is 0 Å². The summed E-state index contributed by atoms with van der Waals surface area (Å²) < 4.78 is 0. The topological polar surface area (TPSA) is 33.2 Å². The zero-order chi connectivity index (χ0) is 13.1. The number of fused-ring (bicyclic) bond motifs is 1. The number of aromatic nitrogens is 1. The number of hydrogen-bond donors (Lipinski definition) is 0. The first kappa shape index (κ1) is 12.2. The highest BCUT2D eigenvalue weighted by molar-refractivity contribution is 6.06. The molecule has 0 saturated carbocycles. The largest absolute Gasteiger partial charge is 0.339 e. The lowest BCUT2D eigenvalue weighted by Crippen LogP contribution is -2.31. The van der Waals surface area contributed by atoms with Gasteiger partial charge in [-0.05, 0) is 30.4 Å². The first-order valence-corrected chi connectivity index (χ1v) is 6.98. The van der Waals surface area contributed by atoms with Crippen molar-refractivity contribution in [2.24, 2.45) is 0 Å². The van der Waals surface area contributed by atoms with Crippen molar-refractivity contribution in [3.05, 3.63) is 42.2 Å². The van der Waals surface area contributed by atoms with Crippen LogP contribution in [0.15, 0.2) is 36.7 Å². The molecule has 0 bridgehead atoms. The highest BCUT2D eigenvalue weighted by Gasteiger charge is 2.18. The minimum absolute atomic E-state index is 0.153. The summed E-state index contributed by atoms with van der Waals surface area (Å²) in [5, 5.41) is 2.04. The highest BCUT2D eigenvalue weighted by Crippen LogP contribution is 2.20. The molecule has 0 unspecified atom stereocenters. The molecule has 2 heterocycles. The predicted molar refractivity (Wildman–Crippen MR) is 76.1 cm³/mol. The van der Waals surface area contributed by atoms with Crippen molar-refractivity contribution < 1.29 is 4.79 Å². The van der Waals surface area contributed by atoms with Gasteiger partial charge in [0, 0.05) is 36.4 Å². The highest BCUT2D eigenvalue weighted by atomic mass is 16.2. The molecule has 2 aromatic rings. The van der Waals surface area contributed by atoms with Crippen molar-refractivity contribution in [1.29, 1.82) is 0 Å². The van der Waals surface area contributed by atoms with E-state index in [4.69, 9.17) is 0 Å². The Morgan fingerprint density at radius 3 is 2.63 bits per heavy atom. The van der Waals surface area contributed by atoms with Gasteiger partial charge in [0.1, 0.15) is 0 Å². The molecule has 0 N–H and O–H groups in total. The molecule has 98 valence electrons. The van der Waals surface area contributed by atoms with Crippen LogP contribution in [0.4, 0.5) is 0 Å². The smallest absolute Gasteiger partial charge is 0.254 e. The normalized spacial score (nSPS) is 16.3. The van der Waals surface area contributed by atoms with E-state index >= 15 is 0 Å². The molecular weight excluding hydrogens is 236 g/mol. The number of nitrogens with zero attached hydrogens (tertiary/aromatic N) is 2. The number of carbonyl (C=O) groups excluding carboxylic acids is 1. The van der Waals surface area contributed by atoms with Gasteiger partial charge in [-0.15, -0.1) is 0 Å². The van der Waals surface area contributed by atoms with Crippen LogP contribution in [0.2, 0.25) is 0 Å². The van der Waals surface area contributed by atoms with E-state index in [-0.39, 0.29) is 5.91 Å². The molecule has 0 atom stereocenters. The molecule has 1 amide bonds. The third-order valence-electron chi connectivity index (χ3n) is 3.81. The Balaban J connectivity index is 1.96. The molecule has 1 aliphatic rings. The standard InChI is InChI=1S/C16H18N2O/c19-16(18-10-3-1-2-4-11-18)14-7-5-6-13-8-9-17-12-15(13)14/h5-9,12H,1-4,10-11H2. The first-order valence-electron chi connectivity index (χ1n) is 6.98. The zero-order valence-electron chi connectivity index (χ0n) is 11.0. The van der Waals surface area contributed by atoms with Gasteiger partial charge < -0.3 is 4.90 Å². The van der Waals surface area contributed by atoms with Crippen LogP contribution >= 0.6 is 0 Å². The van der Waals surface area contributed by atoms with Crippen molar-refractivity contribution in [1.82, 2.24) is 9.88 Å². The van der Waals surface area contributed by atoms with E-state index in [9.17, 15) is 4.79 Å². The molecule has 0 aliphatic carbocycles. The quantitative estimate of drug-likeness (QED) is 0.782. The summed E-state index contributed by atoms with van der Waals surface area (Å²) in [7, 11) is 0.